The molecule has 0 fully saturated rings. The lowest BCUT2D eigenvalue weighted by Gasteiger charge is -2.18. The first kappa shape index (κ1) is 60.4. The van der Waals surface area contributed by atoms with Gasteiger partial charge in [0.15, 0.2) is 0 Å². The predicted molar refractivity (Wildman–Crippen MR) is 197 cm³/mol. The molecule has 2 amide bonds. The van der Waals surface area contributed by atoms with Crippen molar-refractivity contribution in [3.05, 3.63) is 91.0 Å². The van der Waals surface area contributed by atoms with E-state index in [9.17, 15) is 78.6 Å². The highest BCUT2D eigenvalue weighted by molar-refractivity contribution is 7.79. The van der Waals surface area contributed by atoms with Crippen LogP contribution in [-0.4, -0.2) is 74.2 Å². The van der Waals surface area contributed by atoms with Crippen molar-refractivity contribution in [2.24, 2.45) is 10.2 Å². The molecular weight excluding hydrogens is 847 g/mol. The molecule has 0 saturated heterocycles. The van der Waals surface area contributed by atoms with Crippen molar-refractivity contribution in [2.75, 3.05) is 33.0 Å². The number of amides is 2. The van der Waals surface area contributed by atoms with E-state index in [1.54, 1.807) is 13.8 Å². The Labute approximate surface area is 326 Å². The SMILES string of the molecule is CCOC(=O)N=NC(=O)OCC.CC[O+](CC)CC.F[B-](F)(F)F.F[B-](F)(F)F.F[B-](F)(F)F.F[B-](F)(F)F.c1ccc(P(c2ccccc2)c2ccccc2)cc1. The van der Waals surface area contributed by atoms with Gasteiger partial charge in [0.2, 0.25) is 0 Å². The second-order valence-electron chi connectivity index (χ2n) is 9.40. The van der Waals surface area contributed by atoms with Gasteiger partial charge in [-0.1, -0.05) is 101 Å². The van der Waals surface area contributed by atoms with Crippen LogP contribution in [0.1, 0.15) is 34.6 Å². The fourth-order valence-electron chi connectivity index (χ4n) is 3.18. The molecule has 0 N–H and O–H groups in total. The van der Waals surface area contributed by atoms with Crippen molar-refractivity contribution in [2.45, 2.75) is 34.6 Å². The zero-order valence-corrected chi connectivity index (χ0v) is 32.3. The van der Waals surface area contributed by atoms with Crippen molar-refractivity contribution in [3.63, 3.8) is 0 Å². The van der Waals surface area contributed by atoms with Crippen LogP contribution in [0.3, 0.4) is 0 Å². The number of ether oxygens (including phenoxy) is 2. The Bertz CT molecular complexity index is 1270. The average Bonchev–Trinajstić information content (AvgIpc) is 3.08. The summed E-state index contributed by atoms with van der Waals surface area (Å²) in [5.41, 5.74) is 0. The Morgan fingerprint density at radius 3 is 0.776 bits per heavy atom. The highest BCUT2D eigenvalue weighted by atomic mass is 31.1. The second kappa shape index (κ2) is 33.7. The Hall–Kier alpha value is -4.27. The van der Waals surface area contributed by atoms with Crippen molar-refractivity contribution in [1.29, 1.82) is 0 Å². The van der Waals surface area contributed by atoms with Gasteiger partial charge in [0, 0.05) is 20.8 Å². The standard InChI is InChI=1S/C18H15P.C6H10N2O4.C6H15O.4BF4/c1-4-10-16(11-5-1)19(17-12-6-2-7-13-17)18-14-8-3-9-15-18;1-3-11-5(9)7-8-6(10)12-4-2;1-4-7(5-2)6-3;4*2-1(3,4)5/h1-15H;3-4H2,1-2H3;4-6H2,1-3H3;;;;/q;;+1;4*-1. The summed E-state index contributed by atoms with van der Waals surface area (Å²) in [4.78, 5) is 20.9. The minimum atomic E-state index is -6.00. The minimum absolute atomic E-state index is 0.195. The first-order valence-electron chi connectivity index (χ1n) is 16.3. The zero-order valence-electron chi connectivity index (χ0n) is 31.4. The highest BCUT2D eigenvalue weighted by Gasteiger charge is 2.22. The van der Waals surface area contributed by atoms with Gasteiger partial charge in [0.25, 0.3) is 0 Å². The lowest BCUT2D eigenvalue weighted by Crippen LogP contribution is -2.20. The van der Waals surface area contributed by atoms with Gasteiger partial charge in [-0.3, -0.25) is 0 Å². The Morgan fingerprint density at radius 2 is 0.638 bits per heavy atom. The van der Waals surface area contributed by atoms with Crippen LogP contribution in [0.15, 0.2) is 101 Å². The van der Waals surface area contributed by atoms with E-state index in [0.29, 0.717) is 0 Å². The quantitative estimate of drug-likeness (QED) is 0.0742. The normalized spacial score (nSPS) is 10.9. The summed E-state index contributed by atoms with van der Waals surface area (Å²) in [6.07, 6.45) is -1.80. The molecule has 0 spiro atoms. The molecule has 0 aliphatic rings. The number of carbonyl (C=O) groups excluding carboxylic acids is 2. The molecule has 0 aliphatic carbocycles. The molecule has 0 unspecified atom stereocenters. The zero-order chi connectivity index (χ0) is 46.0. The summed E-state index contributed by atoms with van der Waals surface area (Å²) in [6, 6.07) is 32.3. The van der Waals surface area contributed by atoms with Crippen LogP contribution in [0, 0.1) is 0 Å². The largest absolute Gasteiger partial charge is 0.673 e. The fourth-order valence-corrected chi connectivity index (χ4v) is 5.48. The maximum Gasteiger partial charge on any atom is 0.673 e. The molecule has 332 valence electrons. The summed E-state index contributed by atoms with van der Waals surface area (Å²) < 4.78 is 168. The summed E-state index contributed by atoms with van der Waals surface area (Å²) in [7, 11) is -24.4. The number of nitrogens with zero attached hydrogens (tertiary/aromatic N) is 2. The van der Waals surface area contributed by atoms with E-state index >= 15 is 0 Å². The van der Waals surface area contributed by atoms with Gasteiger partial charge in [0.1, 0.15) is 19.8 Å². The van der Waals surface area contributed by atoms with Crippen LogP contribution >= 0.6 is 7.92 Å². The third-order valence-corrected chi connectivity index (χ3v) is 7.46. The molecule has 7 nitrogen and oxygen atoms in total. The Morgan fingerprint density at radius 1 is 0.448 bits per heavy atom. The summed E-state index contributed by atoms with van der Waals surface area (Å²) >= 11 is 0. The first-order valence-corrected chi connectivity index (χ1v) is 17.7. The second-order valence-corrected chi connectivity index (χ2v) is 11.6. The number of rotatable bonds is 8. The van der Waals surface area contributed by atoms with Gasteiger partial charge in [-0.25, -0.2) is 9.59 Å². The smallest absolute Gasteiger partial charge is 0.447 e. The Kier molecular flexibility index (Phi) is 35.1. The molecule has 0 aromatic heterocycles. The third kappa shape index (κ3) is 56.1. The molecule has 0 saturated carbocycles. The van der Waals surface area contributed by atoms with Gasteiger partial charge in [-0.15, -0.1) is 0 Å². The van der Waals surface area contributed by atoms with E-state index in [0.717, 1.165) is 19.8 Å². The lowest BCUT2D eigenvalue weighted by atomic mass is 10.3. The van der Waals surface area contributed by atoms with Crippen LogP contribution in [0.25, 0.3) is 0 Å². The maximum absolute atomic E-state index is 10.5. The average molecular weight is 887 g/mol. The van der Waals surface area contributed by atoms with E-state index in [1.807, 2.05) is 0 Å². The summed E-state index contributed by atoms with van der Waals surface area (Å²) in [6.45, 7) is 13.4. The van der Waals surface area contributed by atoms with Crippen LogP contribution in [0.2, 0.25) is 0 Å². The van der Waals surface area contributed by atoms with Crippen molar-refractivity contribution < 1.29 is 92.5 Å². The van der Waals surface area contributed by atoms with Gasteiger partial charge in [0.05, 0.1) is 13.2 Å². The van der Waals surface area contributed by atoms with E-state index < -0.39 is 49.1 Å². The third-order valence-electron chi connectivity index (χ3n) is 5.02. The van der Waals surface area contributed by atoms with Crippen LogP contribution < -0.4 is 15.9 Å². The number of benzene rings is 3. The molecule has 3 aromatic rings. The molecule has 0 aliphatic heterocycles. The first-order chi connectivity index (χ1) is 26.5. The summed E-state index contributed by atoms with van der Waals surface area (Å²) in [5, 5.41) is 10.0. The van der Waals surface area contributed by atoms with Gasteiger partial charge >= 0.3 is 41.2 Å². The number of halogens is 16. The number of carbonyl (C=O) groups is 2. The predicted octanol–water partition coefficient (Wildman–Crippen LogP) is 12.0. The van der Waals surface area contributed by atoms with Crippen molar-refractivity contribution in [3.8, 4) is 0 Å². The van der Waals surface area contributed by atoms with Crippen LogP contribution in [0.4, 0.5) is 78.6 Å². The molecule has 3 aromatic carbocycles. The number of hydrogen-bond acceptors (Lipinski definition) is 4. The molecule has 0 radical (unpaired) electrons. The van der Waals surface area contributed by atoms with E-state index in [2.05, 4.69) is 136 Å². The number of azo groups is 1. The minimum Gasteiger partial charge on any atom is -0.447 e. The van der Waals surface area contributed by atoms with Crippen LogP contribution in [-0.2, 0) is 13.8 Å². The van der Waals surface area contributed by atoms with Crippen molar-refractivity contribution >= 4 is 65.0 Å². The molecule has 3 rings (SSSR count). The monoisotopic (exact) mass is 887 g/mol. The van der Waals surface area contributed by atoms with Crippen molar-refractivity contribution in [1.82, 2.24) is 0 Å². The molecule has 0 bridgehead atoms. The van der Waals surface area contributed by atoms with Gasteiger partial charge in [-0.05, 0) is 37.7 Å². The fraction of sp³-hybridized carbons (Fsp3) is 0.333. The van der Waals surface area contributed by atoms with Gasteiger partial charge in [-0.2, -0.15) is 0 Å². The molecule has 58 heavy (non-hydrogen) atoms. The molecule has 0 atom stereocenters. The van der Waals surface area contributed by atoms with Gasteiger partial charge < -0.3 is 82.9 Å². The lowest BCUT2D eigenvalue weighted by molar-refractivity contribution is -0.119. The summed E-state index contributed by atoms with van der Waals surface area (Å²) in [5.74, 6) is 0. The van der Waals surface area contributed by atoms with E-state index in [4.69, 9.17) is 0 Å². The molecule has 0 heterocycles. The Balaban J connectivity index is -0.000000323. The molecular formula is C30H40B4F16N2O5P-3. The van der Waals surface area contributed by atoms with E-state index in [1.165, 1.54) is 15.9 Å². The van der Waals surface area contributed by atoms with Crippen LogP contribution in [0.5, 0.6) is 0 Å². The van der Waals surface area contributed by atoms with E-state index in [-0.39, 0.29) is 13.2 Å². The molecule has 28 heteroatoms. The topological polar surface area (TPSA) is 80.0 Å². The number of hydrogen-bond donors (Lipinski definition) is 0. The highest BCUT2D eigenvalue weighted by Crippen LogP contribution is 2.32. The maximum atomic E-state index is 10.5.